The second-order valence-corrected chi connectivity index (χ2v) is 7.09. The summed E-state index contributed by atoms with van der Waals surface area (Å²) in [6, 6.07) is 10.2. The highest BCUT2D eigenvalue weighted by molar-refractivity contribution is 6.39. The van der Waals surface area contributed by atoms with Crippen LogP contribution in [-0.2, 0) is 4.79 Å². The molecule has 2 aromatic carbocycles. The Morgan fingerprint density at radius 2 is 1.79 bits per heavy atom. The number of hydrogen-bond donors (Lipinski definition) is 4. The first-order valence-corrected chi connectivity index (χ1v) is 9.49. The van der Waals surface area contributed by atoms with E-state index in [1.165, 1.54) is 12.1 Å². The van der Waals surface area contributed by atoms with Crippen LogP contribution in [0.1, 0.15) is 10.4 Å². The molecule has 0 aromatic heterocycles. The lowest BCUT2D eigenvalue weighted by atomic mass is 10.2. The zero-order valence-corrected chi connectivity index (χ0v) is 16.6. The van der Waals surface area contributed by atoms with Crippen LogP contribution in [0.3, 0.4) is 0 Å². The van der Waals surface area contributed by atoms with Gasteiger partial charge in [0.1, 0.15) is 6.04 Å². The molecule has 1 aliphatic rings. The van der Waals surface area contributed by atoms with Crippen LogP contribution < -0.4 is 20.9 Å². The molecule has 29 heavy (non-hydrogen) atoms. The van der Waals surface area contributed by atoms with Gasteiger partial charge in [0.25, 0.3) is 5.91 Å². The third kappa shape index (κ3) is 4.90. The summed E-state index contributed by atoms with van der Waals surface area (Å²) < 4.78 is 0. The van der Waals surface area contributed by atoms with Crippen molar-refractivity contribution in [1.29, 1.82) is 0 Å². The first kappa shape index (κ1) is 20.8. The van der Waals surface area contributed by atoms with Crippen molar-refractivity contribution in [3.63, 3.8) is 0 Å². The van der Waals surface area contributed by atoms with Gasteiger partial charge in [0.05, 0.1) is 15.6 Å². The van der Waals surface area contributed by atoms with Crippen molar-refractivity contribution in [2.75, 3.05) is 29.9 Å². The summed E-state index contributed by atoms with van der Waals surface area (Å²) in [5.41, 5.74) is 1.40. The zero-order chi connectivity index (χ0) is 21.0. The van der Waals surface area contributed by atoms with E-state index in [9.17, 15) is 19.5 Å². The quantitative estimate of drug-likeness (QED) is 0.533. The number of hydrogen-bond acceptors (Lipinski definition) is 4. The monoisotopic (exact) mass is 436 g/mol. The van der Waals surface area contributed by atoms with E-state index in [2.05, 4.69) is 16.0 Å². The lowest BCUT2D eigenvalue weighted by Crippen LogP contribution is -2.45. The molecule has 1 saturated heterocycles. The van der Waals surface area contributed by atoms with Gasteiger partial charge in [0.15, 0.2) is 0 Å². The zero-order valence-electron chi connectivity index (χ0n) is 15.1. The van der Waals surface area contributed by atoms with Gasteiger partial charge in [-0.3, -0.25) is 9.69 Å². The number of carbonyl (C=O) groups excluding carboxylic acids is 2. The van der Waals surface area contributed by atoms with E-state index < -0.39 is 17.9 Å². The van der Waals surface area contributed by atoms with Gasteiger partial charge in [0.2, 0.25) is 0 Å². The number of halogens is 2. The fraction of sp³-hybridized carbons (Fsp3) is 0.211. The van der Waals surface area contributed by atoms with Crippen LogP contribution in [0.2, 0.25) is 10.0 Å². The molecule has 1 atom stereocenters. The number of anilines is 2. The van der Waals surface area contributed by atoms with Crippen LogP contribution in [0.5, 0.6) is 0 Å². The molecule has 152 valence electrons. The highest BCUT2D eigenvalue weighted by Gasteiger charge is 2.24. The van der Waals surface area contributed by atoms with Crippen LogP contribution in [0.4, 0.5) is 16.2 Å². The van der Waals surface area contributed by atoms with Crippen LogP contribution in [0, 0.1) is 0 Å². The third-order valence-corrected chi connectivity index (χ3v) is 4.97. The molecule has 10 heteroatoms. The molecule has 0 aliphatic carbocycles. The number of nitrogens with one attached hydrogen (secondary N) is 3. The van der Waals surface area contributed by atoms with Crippen LogP contribution in [0.25, 0.3) is 0 Å². The van der Waals surface area contributed by atoms with Crippen molar-refractivity contribution < 1.29 is 19.5 Å². The molecule has 1 fully saturated rings. The minimum Gasteiger partial charge on any atom is -0.480 e. The number of urea groups is 1. The van der Waals surface area contributed by atoms with Crippen molar-refractivity contribution in [3.05, 3.63) is 58.1 Å². The number of aliphatic carboxylic acids is 1. The normalized spacial score (nSPS) is 14.3. The number of carboxylic acids is 1. The Morgan fingerprint density at radius 3 is 2.34 bits per heavy atom. The molecule has 1 heterocycles. The Hall–Kier alpha value is -2.97. The van der Waals surface area contributed by atoms with Crippen LogP contribution in [-0.4, -0.2) is 48.7 Å². The van der Waals surface area contributed by atoms with E-state index in [-0.39, 0.29) is 28.2 Å². The predicted octanol–water partition coefficient (Wildman–Crippen LogP) is 2.82. The van der Waals surface area contributed by atoms with E-state index in [0.717, 1.165) is 5.69 Å². The first-order chi connectivity index (χ1) is 13.9. The van der Waals surface area contributed by atoms with E-state index in [1.807, 2.05) is 0 Å². The van der Waals surface area contributed by atoms with E-state index in [0.29, 0.717) is 18.8 Å². The Labute approximate surface area is 176 Å². The molecule has 0 saturated carbocycles. The van der Waals surface area contributed by atoms with Crippen LogP contribution in [0.15, 0.2) is 42.5 Å². The lowest BCUT2D eigenvalue weighted by Gasteiger charge is -2.18. The molecular weight excluding hydrogens is 419 g/mol. The molecular formula is C19H18Cl2N4O4. The highest BCUT2D eigenvalue weighted by Crippen LogP contribution is 2.24. The number of benzene rings is 2. The summed E-state index contributed by atoms with van der Waals surface area (Å²) in [5, 5.41) is 17.8. The Balaban J connectivity index is 1.63. The van der Waals surface area contributed by atoms with Gasteiger partial charge in [-0.05, 0) is 36.4 Å². The minimum absolute atomic E-state index is 0.0235. The van der Waals surface area contributed by atoms with Gasteiger partial charge in [0, 0.05) is 31.0 Å². The molecule has 0 spiro atoms. The summed E-state index contributed by atoms with van der Waals surface area (Å²) in [7, 11) is 0. The number of rotatable bonds is 7. The Kier molecular flexibility index (Phi) is 6.46. The van der Waals surface area contributed by atoms with Crippen molar-refractivity contribution in [2.24, 2.45) is 0 Å². The average molecular weight is 437 g/mol. The topological polar surface area (TPSA) is 111 Å². The highest BCUT2D eigenvalue weighted by atomic mass is 35.5. The number of amides is 3. The summed E-state index contributed by atoms with van der Waals surface area (Å²) in [5.74, 6) is -1.88. The number of carbonyl (C=O) groups is 3. The van der Waals surface area contributed by atoms with E-state index in [4.69, 9.17) is 23.2 Å². The predicted molar refractivity (Wildman–Crippen MR) is 111 cm³/mol. The van der Waals surface area contributed by atoms with Gasteiger partial charge in [-0.25, -0.2) is 9.59 Å². The van der Waals surface area contributed by atoms with Crippen molar-refractivity contribution in [2.45, 2.75) is 6.04 Å². The molecule has 3 amide bonds. The smallest absolute Gasteiger partial charge is 0.328 e. The Morgan fingerprint density at radius 1 is 1.14 bits per heavy atom. The fourth-order valence-electron chi connectivity index (χ4n) is 2.84. The molecule has 1 unspecified atom stereocenters. The molecule has 0 bridgehead atoms. The standard InChI is InChI=1S/C19H18Cl2N4O4/c20-13-2-1-3-14(21)16(13)17(26)24-15(18(27)28)10-23-11-4-6-12(7-5-11)25-9-8-22-19(25)29/h1-7,15,23H,8-10H2,(H,22,29)(H,24,26)(H,27,28). The summed E-state index contributed by atoms with van der Waals surface area (Å²) in [4.78, 5) is 37.3. The fourth-order valence-corrected chi connectivity index (χ4v) is 3.41. The molecule has 3 rings (SSSR count). The number of carboxylic acid groups (broad SMARTS) is 1. The van der Waals surface area contributed by atoms with Crippen molar-refractivity contribution in [3.8, 4) is 0 Å². The van der Waals surface area contributed by atoms with Crippen LogP contribution >= 0.6 is 23.2 Å². The first-order valence-electron chi connectivity index (χ1n) is 8.74. The molecule has 2 aromatic rings. The molecule has 4 N–H and O–H groups in total. The van der Waals surface area contributed by atoms with Gasteiger partial charge in [-0.1, -0.05) is 29.3 Å². The maximum absolute atomic E-state index is 12.4. The Bertz CT molecular complexity index is 916. The summed E-state index contributed by atoms with van der Waals surface area (Å²) in [6.07, 6.45) is 0. The number of nitrogens with zero attached hydrogens (tertiary/aromatic N) is 1. The summed E-state index contributed by atoms with van der Waals surface area (Å²) >= 11 is 12.0. The van der Waals surface area contributed by atoms with Crippen molar-refractivity contribution in [1.82, 2.24) is 10.6 Å². The molecule has 0 radical (unpaired) electrons. The van der Waals surface area contributed by atoms with E-state index >= 15 is 0 Å². The second-order valence-electron chi connectivity index (χ2n) is 6.27. The largest absolute Gasteiger partial charge is 0.480 e. The SMILES string of the molecule is O=C(NC(CNc1ccc(N2CCNC2=O)cc1)C(=O)O)c1c(Cl)cccc1Cl. The second kappa shape index (κ2) is 9.02. The van der Waals surface area contributed by atoms with Crippen molar-refractivity contribution >= 4 is 52.5 Å². The van der Waals surface area contributed by atoms with E-state index in [1.54, 1.807) is 35.2 Å². The minimum atomic E-state index is -1.21. The van der Waals surface area contributed by atoms with Gasteiger partial charge < -0.3 is 21.1 Å². The van der Waals surface area contributed by atoms with Gasteiger partial charge in [-0.2, -0.15) is 0 Å². The third-order valence-electron chi connectivity index (χ3n) is 4.34. The molecule has 1 aliphatic heterocycles. The van der Waals surface area contributed by atoms with Gasteiger partial charge >= 0.3 is 12.0 Å². The maximum Gasteiger partial charge on any atom is 0.328 e. The van der Waals surface area contributed by atoms with Gasteiger partial charge in [-0.15, -0.1) is 0 Å². The lowest BCUT2D eigenvalue weighted by molar-refractivity contribution is -0.138. The summed E-state index contributed by atoms with van der Waals surface area (Å²) in [6.45, 7) is 1.12. The average Bonchev–Trinajstić information content (AvgIpc) is 3.11. The maximum atomic E-state index is 12.4. The molecule has 8 nitrogen and oxygen atoms in total.